The highest BCUT2D eigenvalue weighted by molar-refractivity contribution is 5.39. The van der Waals surface area contributed by atoms with E-state index in [9.17, 15) is 0 Å². The summed E-state index contributed by atoms with van der Waals surface area (Å²) in [6, 6.07) is 8.31. The van der Waals surface area contributed by atoms with Crippen molar-refractivity contribution >= 4 is 0 Å². The lowest BCUT2D eigenvalue weighted by Gasteiger charge is -2.47. The van der Waals surface area contributed by atoms with Crippen molar-refractivity contribution in [2.45, 2.75) is 63.6 Å². The molecule has 1 fully saturated rings. The number of fused-ring (bicyclic) bond motifs is 1. The molecule has 3 rings (SSSR count). The lowest BCUT2D eigenvalue weighted by atomic mass is 9.83. The summed E-state index contributed by atoms with van der Waals surface area (Å²) in [4.78, 5) is 2.71. The fraction of sp³-hybridized carbons (Fsp3) is 0.667. The average molecular weight is 288 g/mol. The number of benzene rings is 1. The van der Waals surface area contributed by atoms with Gasteiger partial charge in [0.1, 0.15) is 5.75 Å². The second-order valence-electron chi connectivity index (χ2n) is 6.59. The van der Waals surface area contributed by atoms with Crippen LogP contribution in [-0.2, 0) is 6.42 Å². The number of methoxy groups -OCH3 is 1. The van der Waals surface area contributed by atoms with Crippen molar-refractivity contribution < 1.29 is 4.74 Å². The Morgan fingerprint density at radius 3 is 2.86 bits per heavy atom. The van der Waals surface area contributed by atoms with Gasteiger partial charge in [-0.15, -0.1) is 0 Å². The molecule has 1 saturated heterocycles. The summed E-state index contributed by atoms with van der Waals surface area (Å²) < 4.78 is 5.45. The first-order chi connectivity index (χ1) is 10.2. The molecule has 3 nitrogen and oxygen atoms in total. The highest BCUT2D eigenvalue weighted by Gasteiger charge is 2.35. The number of nitrogens with two attached hydrogens (primary N) is 1. The van der Waals surface area contributed by atoms with E-state index in [1.54, 1.807) is 7.11 Å². The van der Waals surface area contributed by atoms with Crippen molar-refractivity contribution in [1.29, 1.82) is 0 Å². The fourth-order valence-corrected chi connectivity index (χ4v) is 4.30. The van der Waals surface area contributed by atoms with Crippen LogP contribution in [0, 0.1) is 0 Å². The van der Waals surface area contributed by atoms with Gasteiger partial charge in [0.15, 0.2) is 0 Å². The fourth-order valence-electron chi connectivity index (χ4n) is 4.30. The Balaban J connectivity index is 1.95. The zero-order chi connectivity index (χ0) is 14.8. The lowest BCUT2D eigenvalue weighted by Crippen LogP contribution is -2.51. The minimum Gasteiger partial charge on any atom is -0.497 e. The minimum atomic E-state index is 0.521. The predicted octanol–water partition coefficient (Wildman–Crippen LogP) is 3.27. The van der Waals surface area contributed by atoms with Crippen LogP contribution in [0.3, 0.4) is 0 Å². The zero-order valence-electron chi connectivity index (χ0n) is 13.3. The molecule has 0 bridgehead atoms. The van der Waals surface area contributed by atoms with E-state index < -0.39 is 0 Å². The molecule has 3 heteroatoms. The summed E-state index contributed by atoms with van der Waals surface area (Å²) in [5.74, 6) is 0.981. The van der Waals surface area contributed by atoms with E-state index in [1.807, 2.05) is 0 Å². The highest BCUT2D eigenvalue weighted by Crippen LogP contribution is 2.40. The summed E-state index contributed by atoms with van der Waals surface area (Å²) in [5.41, 5.74) is 9.05. The van der Waals surface area contributed by atoms with Gasteiger partial charge in [0.25, 0.3) is 0 Å². The minimum absolute atomic E-state index is 0.521. The van der Waals surface area contributed by atoms with Crippen LogP contribution in [0.1, 0.15) is 56.2 Å². The molecule has 1 aromatic rings. The van der Waals surface area contributed by atoms with E-state index in [4.69, 9.17) is 10.5 Å². The Labute approximate surface area is 128 Å². The number of ether oxygens (including phenoxy) is 1. The summed E-state index contributed by atoms with van der Waals surface area (Å²) in [6.07, 6.45) is 7.59. The van der Waals surface area contributed by atoms with Gasteiger partial charge in [-0.05, 0) is 62.3 Å². The number of likely N-dealkylation sites (tertiary alicyclic amines) is 1. The van der Waals surface area contributed by atoms with E-state index in [0.717, 1.165) is 12.3 Å². The third-order valence-corrected chi connectivity index (χ3v) is 5.36. The molecule has 1 aliphatic heterocycles. The SMILES string of the molecule is COc1ccc2c(c1)C(N1C(C)CCCC1CN)CCC2. The third-order valence-electron chi connectivity index (χ3n) is 5.36. The van der Waals surface area contributed by atoms with Gasteiger partial charge in [0.2, 0.25) is 0 Å². The third kappa shape index (κ3) is 2.82. The molecule has 3 unspecified atom stereocenters. The second-order valence-corrected chi connectivity index (χ2v) is 6.59. The Kier molecular flexibility index (Phi) is 4.51. The molecule has 3 atom stereocenters. The molecule has 0 amide bonds. The van der Waals surface area contributed by atoms with Crippen LogP contribution in [0.25, 0.3) is 0 Å². The Bertz CT molecular complexity index is 488. The average Bonchev–Trinajstić information content (AvgIpc) is 2.53. The number of piperidine rings is 1. The molecule has 2 aliphatic rings. The first-order valence-electron chi connectivity index (χ1n) is 8.39. The maximum absolute atomic E-state index is 6.07. The molecule has 0 saturated carbocycles. The molecule has 1 aliphatic carbocycles. The normalized spacial score (nSPS) is 30.0. The lowest BCUT2D eigenvalue weighted by molar-refractivity contribution is 0.0411. The van der Waals surface area contributed by atoms with Gasteiger partial charge in [0.05, 0.1) is 7.11 Å². The molecule has 116 valence electrons. The van der Waals surface area contributed by atoms with E-state index in [0.29, 0.717) is 18.1 Å². The predicted molar refractivity (Wildman–Crippen MR) is 86.7 cm³/mol. The molecule has 0 aromatic heterocycles. The maximum atomic E-state index is 6.07. The Morgan fingerprint density at radius 2 is 2.10 bits per heavy atom. The van der Waals surface area contributed by atoms with Crippen molar-refractivity contribution in [1.82, 2.24) is 4.90 Å². The first-order valence-corrected chi connectivity index (χ1v) is 8.39. The molecule has 1 aromatic carbocycles. The molecule has 0 radical (unpaired) electrons. The molecule has 1 heterocycles. The number of rotatable bonds is 3. The quantitative estimate of drug-likeness (QED) is 0.927. The van der Waals surface area contributed by atoms with Crippen LogP contribution < -0.4 is 10.5 Å². The van der Waals surface area contributed by atoms with Gasteiger partial charge in [-0.1, -0.05) is 12.5 Å². The van der Waals surface area contributed by atoms with Crippen molar-refractivity contribution in [2.75, 3.05) is 13.7 Å². The Hall–Kier alpha value is -1.06. The zero-order valence-corrected chi connectivity index (χ0v) is 13.3. The summed E-state index contributed by atoms with van der Waals surface area (Å²) in [7, 11) is 1.76. The van der Waals surface area contributed by atoms with Crippen LogP contribution in [0.4, 0.5) is 0 Å². The number of nitrogens with zero attached hydrogens (tertiary/aromatic N) is 1. The highest BCUT2D eigenvalue weighted by atomic mass is 16.5. The van der Waals surface area contributed by atoms with Gasteiger partial charge in [-0.3, -0.25) is 4.90 Å². The van der Waals surface area contributed by atoms with Crippen LogP contribution in [0.2, 0.25) is 0 Å². The van der Waals surface area contributed by atoms with E-state index in [-0.39, 0.29) is 0 Å². The summed E-state index contributed by atoms with van der Waals surface area (Å²) in [5, 5.41) is 0. The topological polar surface area (TPSA) is 38.5 Å². The molecular formula is C18H28N2O. The maximum Gasteiger partial charge on any atom is 0.119 e. The van der Waals surface area contributed by atoms with Crippen LogP contribution in [0.5, 0.6) is 5.75 Å². The number of hydrogen-bond acceptors (Lipinski definition) is 3. The van der Waals surface area contributed by atoms with E-state index >= 15 is 0 Å². The van der Waals surface area contributed by atoms with Crippen molar-refractivity contribution in [2.24, 2.45) is 5.73 Å². The number of hydrogen-bond donors (Lipinski definition) is 1. The van der Waals surface area contributed by atoms with Gasteiger partial charge in [-0.25, -0.2) is 0 Å². The van der Waals surface area contributed by atoms with E-state index in [1.165, 1.54) is 49.7 Å². The summed E-state index contributed by atoms with van der Waals surface area (Å²) in [6.45, 7) is 3.15. The first kappa shape index (κ1) is 14.9. The van der Waals surface area contributed by atoms with Crippen LogP contribution in [-0.4, -0.2) is 30.6 Å². The van der Waals surface area contributed by atoms with Gasteiger partial charge < -0.3 is 10.5 Å². The van der Waals surface area contributed by atoms with Gasteiger partial charge in [-0.2, -0.15) is 0 Å². The smallest absolute Gasteiger partial charge is 0.119 e. The van der Waals surface area contributed by atoms with Crippen LogP contribution >= 0.6 is 0 Å². The van der Waals surface area contributed by atoms with Crippen LogP contribution in [0.15, 0.2) is 18.2 Å². The van der Waals surface area contributed by atoms with Gasteiger partial charge in [0, 0.05) is 24.7 Å². The monoisotopic (exact) mass is 288 g/mol. The molecule has 0 spiro atoms. The van der Waals surface area contributed by atoms with Crippen molar-refractivity contribution in [3.05, 3.63) is 29.3 Å². The largest absolute Gasteiger partial charge is 0.497 e. The molecule has 2 N–H and O–H groups in total. The molecular weight excluding hydrogens is 260 g/mol. The van der Waals surface area contributed by atoms with Crippen molar-refractivity contribution in [3.63, 3.8) is 0 Å². The van der Waals surface area contributed by atoms with Crippen molar-refractivity contribution in [3.8, 4) is 5.75 Å². The summed E-state index contributed by atoms with van der Waals surface area (Å²) >= 11 is 0. The second kappa shape index (κ2) is 6.37. The Morgan fingerprint density at radius 1 is 1.24 bits per heavy atom. The molecule has 21 heavy (non-hydrogen) atoms. The number of aryl methyl sites for hydroxylation is 1. The standard InChI is InChI=1S/C18H28N2O/c1-13-5-3-7-15(12-19)20(13)18-8-4-6-14-9-10-16(21-2)11-17(14)18/h9-11,13,15,18H,3-8,12,19H2,1-2H3. The van der Waals surface area contributed by atoms with E-state index in [2.05, 4.69) is 30.0 Å². The van der Waals surface area contributed by atoms with Gasteiger partial charge >= 0.3 is 0 Å².